The van der Waals surface area contributed by atoms with Gasteiger partial charge in [0.1, 0.15) is 5.03 Å². The molecule has 0 spiro atoms. The molecule has 0 fully saturated rings. The van der Waals surface area contributed by atoms with Crippen molar-refractivity contribution in [1.82, 2.24) is 14.6 Å². The Bertz CT molecular complexity index is 821. The molecule has 4 rings (SSSR count). The standard InChI is InChI=1S/C17H17N3S/c1-11-15(12-7-3-2-4-8-12)16-18-14-10-6-5-9-13(14)17(21)20(16)19-11/h2-4,7-8,21H,5-6,9-10H2,1H3. The van der Waals surface area contributed by atoms with E-state index in [1.165, 1.54) is 29.7 Å². The van der Waals surface area contributed by atoms with E-state index in [0.717, 1.165) is 34.8 Å². The molecule has 1 aromatic carbocycles. The fourth-order valence-corrected chi connectivity index (χ4v) is 3.60. The van der Waals surface area contributed by atoms with Gasteiger partial charge in [-0.15, -0.1) is 12.6 Å². The van der Waals surface area contributed by atoms with Crippen molar-refractivity contribution in [2.75, 3.05) is 0 Å². The normalized spacial score (nSPS) is 14.4. The Balaban J connectivity index is 2.05. The van der Waals surface area contributed by atoms with Crippen molar-refractivity contribution in [3.63, 3.8) is 0 Å². The molecule has 1 aliphatic rings. The number of rotatable bonds is 1. The zero-order valence-electron chi connectivity index (χ0n) is 12.0. The van der Waals surface area contributed by atoms with Crippen molar-refractivity contribution in [3.8, 4) is 11.1 Å². The van der Waals surface area contributed by atoms with Crippen molar-refractivity contribution in [2.24, 2.45) is 0 Å². The van der Waals surface area contributed by atoms with Crippen LogP contribution < -0.4 is 0 Å². The van der Waals surface area contributed by atoms with Gasteiger partial charge in [-0.25, -0.2) is 9.50 Å². The molecule has 106 valence electrons. The van der Waals surface area contributed by atoms with Crippen LogP contribution in [0.1, 0.15) is 29.8 Å². The van der Waals surface area contributed by atoms with Gasteiger partial charge >= 0.3 is 0 Å². The van der Waals surface area contributed by atoms with Crippen LogP contribution in [0.15, 0.2) is 35.4 Å². The van der Waals surface area contributed by atoms with Gasteiger partial charge in [0.05, 0.1) is 5.69 Å². The van der Waals surface area contributed by atoms with Gasteiger partial charge < -0.3 is 0 Å². The van der Waals surface area contributed by atoms with Crippen LogP contribution in [0.25, 0.3) is 16.8 Å². The number of nitrogens with zero attached hydrogens (tertiary/aromatic N) is 3. The molecule has 2 heterocycles. The summed E-state index contributed by atoms with van der Waals surface area (Å²) < 4.78 is 1.91. The Morgan fingerprint density at radius 1 is 1.10 bits per heavy atom. The molecule has 0 saturated heterocycles. The number of thiol groups is 1. The minimum atomic E-state index is 0.935. The second-order valence-corrected chi connectivity index (χ2v) is 6.05. The van der Waals surface area contributed by atoms with Crippen LogP contribution in [0, 0.1) is 6.92 Å². The lowest BCUT2D eigenvalue weighted by atomic mass is 9.97. The first-order valence-electron chi connectivity index (χ1n) is 7.41. The monoisotopic (exact) mass is 295 g/mol. The van der Waals surface area contributed by atoms with Crippen molar-refractivity contribution in [3.05, 3.63) is 47.3 Å². The molecule has 0 unspecified atom stereocenters. The van der Waals surface area contributed by atoms with Crippen LogP contribution in [0.3, 0.4) is 0 Å². The van der Waals surface area contributed by atoms with Crippen molar-refractivity contribution >= 4 is 18.3 Å². The lowest BCUT2D eigenvalue weighted by Gasteiger charge is -2.17. The number of aryl methyl sites for hydroxylation is 2. The molecule has 3 nitrogen and oxygen atoms in total. The minimum absolute atomic E-state index is 0.935. The number of benzene rings is 1. The molecular formula is C17H17N3S. The average Bonchev–Trinajstić information content (AvgIpc) is 2.85. The molecule has 0 N–H and O–H groups in total. The van der Waals surface area contributed by atoms with Gasteiger partial charge in [0.15, 0.2) is 5.65 Å². The first-order chi connectivity index (χ1) is 10.3. The van der Waals surface area contributed by atoms with Crippen LogP contribution in [0.2, 0.25) is 0 Å². The van der Waals surface area contributed by atoms with Gasteiger partial charge in [-0.1, -0.05) is 30.3 Å². The highest BCUT2D eigenvalue weighted by atomic mass is 32.1. The Kier molecular flexibility index (Phi) is 3.00. The van der Waals surface area contributed by atoms with E-state index >= 15 is 0 Å². The lowest BCUT2D eigenvalue weighted by Crippen LogP contribution is -2.10. The van der Waals surface area contributed by atoms with E-state index in [4.69, 9.17) is 17.6 Å². The summed E-state index contributed by atoms with van der Waals surface area (Å²) >= 11 is 4.74. The summed E-state index contributed by atoms with van der Waals surface area (Å²) in [7, 11) is 0. The largest absolute Gasteiger partial charge is 0.233 e. The van der Waals surface area contributed by atoms with Crippen LogP contribution in [0.5, 0.6) is 0 Å². The number of fused-ring (bicyclic) bond motifs is 2. The van der Waals surface area contributed by atoms with Gasteiger partial charge in [0.25, 0.3) is 0 Å². The van der Waals surface area contributed by atoms with E-state index in [9.17, 15) is 0 Å². The maximum absolute atomic E-state index is 4.93. The molecule has 3 aromatic rings. The van der Waals surface area contributed by atoms with E-state index in [1.54, 1.807) is 0 Å². The Morgan fingerprint density at radius 2 is 1.86 bits per heavy atom. The third-order valence-corrected chi connectivity index (χ3v) is 4.71. The summed E-state index contributed by atoms with van der Waals surface area (Å²) in [4.78, 5) is 4.93. The molecule has 0 radical (unpaired) electrons. The average molecular weight is 295 g/mol. The van der Waals surface area contributed by atoms with Crippen LogP contribution in [0.4, 0.5) is 0 Å². The van der Waals surface area contributed by atoms with E-state index in [2.05, 4.69) is 29.4 Å². The summed E-state index contributed by atoms with van der Waals surface area (Å²) in [5.74, 6) is 0. The Hall–Kier alpha value is -1.81. The summed E-state index contributed by atoms with van der Waals surface area (Å²) in [6, 6.07) is 10.4. The van der Waals surface area contributed by atoms with E-state index < -0.39 is 0 Å². The second kappa shape index (κ2) is 4.88. The fourth-order valence-electron chi connectivity index (χ4n) is 3.22. The molecule has 4 heteroatoms. The molecular weight excluding hydrogens is 278 g/mol. The van der Waals surface area contributed by atoms with Crippen molar-refractivity contribution in [2.45, 2.75) is 37.6 Å². The third kappa shape index (κ3) is 1.97. The summed E-state index contributed by atoms with van der Waals surface area (Å²) in [5, 5.41) is 5.63. The predicted octanol–water partition coefficient (Wildman–Crippen LogP) is 3.87. The molecule has 0 atom stereocenters. The highest BCUT2D eigenvalue weighted by Crippen LogP contribution is 2.32. The maximum atomic E-state index is 4.93. The van der Waals surface area contributed by atoms with Crippen molar-refractivity contribution < 1.29 is 0 Å². The van der Waals surface area contributed by atoms with E-state index in [1.807, 2.05) is 17.5 Å². The van der Waals surface area contributed by atoms with Gasteiger partial charge in [-0.05, 0) is 38.2 Å². The lowest BCUT2D eigenvalue weighted by molar-refractivity contribution is 0.636. The van der Waals surface area contributed by atoms with Crippen molar-refractivity contribution in [1.29, 1.82) is 0 Å². The van der Waals surface area contributed by atoms with Gasteiger partial charge in [-0.2, -0.15) is 5.10 Å². The van der Waals surface area contributed by atoms with Crippen LogP contribution in [-0.4, -0.2) is 14.6 Å². The van der Waals surface area contributed by atoms with Gasteiger partial charge in [0, 0.05) is 16.8 Å². The molecule has 2 aromatic heterocycles. The SMILES string of the molecule is Cc1nn2c(S)c3c(nc2c1-c1ccccc1)CCCC3. The first kappa shape index (κ1) is 12.9. The quantitative estimate of drug-likeness (QED) is 0.545. The minimum Gasteiger partial charge on any atom is -0.233 e. The third-order valence-electron chi connectivity index (χ3n) is 4.25. The molecule has 0 bridgehead atoms. The highest BCUT2D eigenvalue weighted by molar-refractivity contribution is 7.80. The Morgan fingerprint density at radius 3 is 2.67 bits per heavy atom. The molecule has 1 aliphatic carbocycles. The number of hydrogen-bond donors (Lipinski definition) is 1. The van der Waals surface area contributed by atoms with Gasteiger partial charge in [0.2, 0.25) is 0 Å². The smallest absolute Gasteiger partial charge is 0.164 e. The topological polar surface area (TPSA) is 30.2 Å². The number of hydrogen-bond acceptors (Lipinski definition) is 3. The number of aromatic nitrogens is 3. The summed E-state index contributed by atoms with van der Waals surface area (Å²) in [6.45, 7) is 2.04. The van der Waals surface area contributed by atoms with Crippen LogP contribution >= 0.6 is 12.6 Å². The van der Waals surface area contributed by atoms with Gasteiger partial charge in [-0.3, -0.25) is 0 Å². The molecule has 21 heavy (non-hydrogen) atoms. The zero-order chi connectivity index (χ0) is 14.4. The second-order valence-electron chi connectivity index (χ2n) is 5.63. The van der Waals surface area contributed by atoms with Crippen LogP contribution in [-0.2, 0) is 12.8 Å². The summed E-state index contributed by atoms with van der Waals surface area (Å²) in [6.07, 6.45) is 4.56. The molecule has 0 amide bonds. The maximum Gasteiger partial charge on any atom is 0.164 e. The Labute approximate surface area is 129 Å². The van der Waals surface area contributed by atoms with E-state index in [0.29, 0.717) is 0 Å². The first-order valence-corrected chi connectivity index (χ1v) is 7.86. The molecule has 0 aliphatic heterocycles. The van der Waals surface area contributed by atoms with E-state index in [-0.39, 0.29) is 0 Å². The summed E-state index contributed by atoms with van der Waals surface area (Å²) in [5.41, 5.74) is 6.71. The molecule has 0 saturated carbocycles. The fraction of sp³-hybridized carbons (Fsp3) is 0.294. The highest BCUT2D eigenvalue weighted by Gasteiger charge is 2.21. The predicted molar refractivity (Wildman–Crippen MR) is 87.1 cm³/mol. The zero-order valence-corrected chi connectivity index (χ0v) is 12.9.